The Morgan fingerprint density at radius 3 is 2.54 bits per heavy atom. The van der Waals surface area contributed by atoms with E-state index in [1.54, 1.807) is 7.11 Å². The molecule has 0 aromatic heterocycles. The molecule has 13 heavy (non-hydrogen) atoms. The molecule has 0 aliphatic heterocycles. The molecule has 4 heteroatoms. The molecule has 80 valence electrons. The maximum absolute atomic E-state index is 5.37. The number of nitrogens with one attached hydrogen (secondary N) is 1. The van der Waals surface area contributed by atoms with Gasteiger partial charge in [-0.05, 0) is 12.8 Å². The predicted octanol–water partition coefficient (Wildman–Crippen LogP) is 0.672. The van der Waals surface area contributed by atoms with Gasteiger partial charge in [0.1, 0.15) is 0 Å². The van der Waals surface area contributed by atoms with E-state index in [1.807, 2.05) is 0 Å². The number of rotatable bonds is 9. The summed E-state index contributed by atoms with van der Waals surface area (Å²) in [7, 11) is 1.67. The molecule has 0 bridgehead atoms. The monoisotopic (exact) mass is 190 g/mol. The lowest BCUT2D eigenvalue weighted by molar-refractivity contribution is 0.0654. The second-order valence-corrected chi connectivity index (χ2v) is 3.05. The highest BCUT2D eigenvalue weighted by Gasteiger charge is 2.03. The normalized spacial score (nSPS) is 13.2. The van der Waals surface area contributed by atoms with Crippen LogP contribution in [0.1, 0.15) is 26.2 Å². The minimum Gasteiger partial charge on any atom is -0.382 e. The maximum Gasteiger partial charge on any atom is 0.0700 e. The van der Waals surface area contributed by atoms with Crippen molar-refractivity contribution in [3.63, 3.8) is 0 Å². The largest absolute Gasteiger partial charge is 0.382 e. The molecule has 0 radical (unpaired) electrons. The molecular formula is C9H22N2O2. The first kappa shape index (κ1) is 12.8. The van der Waals surface area contributed by atoms with E-state index >= 15 is 0 Å². The maximum atomic E-state index is 5.37. The van der Waals surface area contributed by atoms with Crippen LogP contribution in [-0.4, -0.2) is 33.0 Å². The molecule has 0 aromatic carbocycles. The standard InChI is InChI=1S/C9H22N2O2/c1-3-4-9(11-10)5-6-13-8-7-12-2/h9,11H,3-8,10H2,1-2H3. The fourth-order valence-electron chi connectivity index (χ4n) is 1.13. The SMILES string of the molecule is CCCC(CCOCCOC)NN. The molecular weight excluding hydrogens is 168 g/mol. The third-order valence-electron chi connectivity index (χ3n) is 1.92. The lowest BCUT2D eigenvalue weighted by atomic mass is 10.1. The lowest BCUT2D eigenvalue weighted by Crippen LogP contribution is -2.35. The summed E-state index contributed by atoms with van der Waals surface area (Å²) in [4.78, 5) is 0. The van der Waals surface area contributed by atoms with Crippen LogP contribution in [0.2, 0.25) is 0 Å². The van der Waals surface area contributed by atoms with E-state index in [1.165, 1.54) is 0 Å². The van der Waals surface area contributed by atoms with Gasteiger partial charge in [0.05, 0.1) is 13.2 Å². The molecule has 1 atom stereocenters. The zero-order chi connectivity index (χ0) is 9.94. The molecule has 0 aliphatic carbocycles. The number of nitrogens with two attached hydrogens (primary N) is 1. The summed E-state index contributed by atoms with van der Waals surface area (Å²) >= 11 is 0. The average Bonchev–Trinajstić information content (AvgIpc) is 2.16. The van der Waals surface area contributed by atoms with E-state index in [-0.39, 0.29) is 0 Å². The molecule has 0 fully saturated rings. The van der Waals surface area contributed by atoms with Gasteiger partial charge < -0.3 is 9.47 Å². The fraction of sp³-hybridized carbons (Fsp3) is 1.00. The lowest BCUT2D eigenvalue weighted by Gasteiger charge is -2.14. The molecule has 3 N–H and O–H groups in total. The van der Waals surface area contributed by atoms with Crippen LogP contribution >= 0.6 is 0 Å². The predicted molar refractivity (Wildman–Crippen MR) is 53.3 cm³/mol. The van der Waals surface area contributed by atoms with Crippen LogP contribution in [0.3, 0.4) is 0 Å². The van der Waals surface area contributed by atoms with Gasteiger partial charge in [-0.15, -0.1) is 0 Å². The molecule has 4 nitrogen and oxygen atoms in total. The topological polar surface area (TPSA) is 56.5 Å². The van der Waals surface area contributed by atoms with Crippen LogP contribution in [0.5, 0.6) is 0 Å². The van der Waals surface area contributed by atoms with Gasteiger partial charge in [0.2, 0.25) is 0 Å². The first-order chi connectivity index (χ1) is 6.35. The number of ether oxygens (including phenoxy) is 2. The summed E-state index contributed by atoms with van der Waals surface area (Å²) in [5, 5.41) is 0. The van der Waals surface area contributed by atoms with Crippen LogP contribution in [0.25, 0.3) is 0 Å². The molecule has 0 saturated heterocycles. The van der Waals surface area contributed by atoms with E-state index in [0.29, 0.717) is 19.3 Å². The quantitative estimate of drug-likeness (QED) is 0.319. The van der Waals surface area contributed by atoms with Crippen molar-refractivity contribution in [3.8, 4) is 0 Å². The molecule has 0 aliphatic rings. The van der Waals surface area contributed by atoms with E-state index in [0.717, 1.165) is 25.9 Å². The van der Waals surface area contributed by atoms with Gasteiger partial charge >= 0.3 is 0 Å². The summed E-state index contributed by atoms with van der Waals surface area (Å²) < 4.78 is 10.2. The Bertz CT molecular complexity index is 102. The number of methoxy groups -OCH3 is 1. The molecule has 0 aromatic rings. The van der Waals surface area contributed by atoms with Crippen molar-refractivity contribution in [2.75, 3.05) is 26.9 Å². The third kappa shape index (κ3) is 8.18. The molecule has 0 rings (SSSR count). The summed E-state index contributed by atoms with van der Waals surface area (Å²) in [6.45, 7) is 4.22. The van der Waals surface area contributed by atoms with Crippen molar-refractivity contribution in [1.29, 1.82) is 0 Å². The molecule has 0 spiro atoms. The first-order valence-electron chi connectivity index (χ1n) is 4.88. The highest BCUT2D eigenvalue weighted by molar-refractivity contribution is 4.61. The van der Waals surface area contributed by atoms with E-state index in [9.17, 15) is 0 Å². The van der Waals surface area contributed by atoms with Gasteiger partial charge in [0.15, 0.2) is 0 Å². The average molecular weight is 190 g/mol. The van der Waals surface area contributed by atoms with Crippen molar-refractivity contribution in [2.45, 2.75) is 32.2 Å². The fourth-order valence-corrected chi connectivity index (χ4v) is 1.13. The van der Waals surface area contributed by atoms with Crippen LogP contribution in [-0.2, 0) is 9.47 Å². The second kappa shape index (κ2) is 9.92. The van der Waals surface area contributed by atoms with E-state index in [4.69, 9.17) is 15.3 Å². The Morgan fingerprint density at radius 2 is 2.00 bits per heavy atom. The van der Waals surface area contributed by atoms with Gasteiger partial charge in [0.25, 0.3) is 0 Å². The van der Waals surface area contributed by atoms with Crippen molar-refractivity contribution in [3.05, 3.63) is 0 Å². The van der Waals surface area contributed by atoms with Crippen molar-refractivity contribution in [1.82, 2.24) is 5.43 Å². The number of hydrogen-bond donors (Lipinski definition) is 2. The Kier molecular flexibility index (Phi) is 9.80. The zero-order valence-electron chi connectivity index (χ0n) is 8.71. The van der Waals surface area contributed by atoms with Crippen LogP contribution < -0.4 is 11.3 Å². The molecule has 0 saturated carbocycles. The molecule has 0 amide bonds. The summed E-state index contributed by atoms with van der Waals surface area (Å²) in [6, 6.07) is 0.382. The summed E-state index contributed by atoms with van der Waals surface area (Å²) in [6.07, 6.45) is 3.21. The first-order valence-corrected chi connectivity index (χ1v) is 4.88. The summed E-state index contributed by atoms with van der Waals surface area (Å²) in [5.74, 6) is 5.37. The van der Waals surface area contributed by atoms with Gasteiger partial charge in [-0.3, -0.25) is 11.3 Å². The third-order valence-corrected chi connectivity index (χ3v) is 1.92. The van der Waals surface area contributed by atoms with E-state index in [2.05, 4.69) is 12.3 Å². The molecule has 1 unspecified atom stereocenters. The Hall–Kier alpha value is -0.160. The smallest absolute Gasteiger partial charge is 0.0700 e. The second-order valence-electron chi connectivity index (χ2n) is 3.05. The van der Waals surface area contributed by atoms with Gasteiger partial charge in [0, 0.05) is 19.8 Å². The number of hydrazine groups is 1. The van der Waals surface area contributed by atoms with Crippen LogP contribution in [0.4, 0.5) is 0 Å². The van der Waals surface area contributed by atoms with Crippen molar-refractivity contribution >= 4 is 0 Å². The van der Waals surface area contributed by atoms with E-state index < -0.39 is 0 Å². The summed E-state index contributed by atoms with van der Waals surface area (Å²) in [5.41, 5.74) is 2.78. The van der Waals surface area contributed by atoms with Crippen LogP contribution in [0.15, 0.2) is 0 Å². The highest BCUT2D eigenvalue weighted by atomic mass is 16.5. The number of hydrogen-bond acceptors (Lipinski definition) is 4. The zero-order valence-corrected chi connectivity index (χ0v) is 8.71. The molecule has 0 heterocycles. The Balaban J connectivity index is 3.17. The van der Waals surface area contributed by atoms with Gasteiger partial charge in [-0.25, -0.2) is 0 Å². The van der Waals surface area contributed by atoms with Crippen LogP contribution in [0, 0.1) is 0 Å². The highest BCUT2D eigenvalue weighted by Crippen LogP contribution is 2.00. The Morgan fingerprint density at radius 1 is 1.23 bits per heavy atom. The van der Waals surface area contributed by atoms with Gasteiger partial charge in [-0.1, -0.05) is 13.3 Å². The van der Waals surface area contributed by atoms with Crippen molar-refractivity contribution in [2.24, 2.45) is 5.84 Å². The van der Waals surface area contributed by atoms with Gasteiger partial charge in [-0.2, -0.15) is 0 Å². The Labute approximate surface area is 80.7 Å². The minimum absolute atomic E-state index is 0.382. The minimum atomic E-state index is 0.382. The van der Waals surface area contributed by atoms with Crippen molar-refractivity contribution < 1.29 is 9.47 Å².